The molecule has 0 aromatic heterocycles. The zero-order valence-electron chi connectivity index (χ0n) is 12.2. The van der Waals surface area contributed by atoms with E-state index in [0.29, 0.717) is 23.6 Å². The van der Waals surface area contributed by atoms with Crippen LogP contribution >= 0.6 is 23.4 Å². The number of halogens is 1. The molecule has 0 saturated carbocycles. The number of carbonyl (C=O) groups excluding carboxylic acids is 1. The molecular weight excluding hydrogens is 310 g/mol. The maximum absolute atomic E-state index is 11.9. The number of amides is 1. The summed E-state index contributed by atoms with van der Waals surface area (Å²) in [6, 6.07) is 7.43. The van der Waals surface area contributed by atoms with E-state index in [4.69, 9.17) is 11.6 Å². The zero-order chi connectivity index (χ0) is 15.9. The Morgan fingerprint density at radius 2 is 1.95 bits per heavy atom. The third kappa shape index (κ3) is 5.98. The average Bonchev–Trinajstić information content (AvgIpc) is 2.41. The first-order chi connectivity index (χ1) is 9.87. The van der Waals surface area contributed by atoms with Gasteiger partial charge in [0, 0.05) is 10.8 Å². The van der Waals surface area contributed by atoms with Crippen molar-refractivity contribution in [3.05, 3.63) is 34.9 Å². The monoisotopic (exact) mass is 329 g/mol. The van der Waals surface area contributed by atoms with Crippen LogP contribution in [-0.2, 0) is 15.3 Å². The first-order valence-electron chi connectivity index (χ1n) is 6.74. The van der Waals surface area contributed by atoms with Crippen LogP contribution in [0, 0.1) is 0 Å². The molecule has 0 heterocycles. The number of carboxylic acid groups (broad SMARTS) is 1. The molecule has 1 aromatic carbocycles. The number of hydrogen-bond acceptors (Lipinski definition) is 3. The van der Waals surface area contributed by atoms with Crippen LogP contribution in [0.4, 0.5) is 0 Å². The number of carbonyl (C=O) groups is 2. The van der Waals surface area contributed by atoms with Crippen molar-refractivity contribution < 1.29 is 14.7 Å². The zero-order valence-corrected chi connectivity index (χ0v) is 13.8. The Labute approximate surface area is 134 Å². The molecule has 1 amide bonds. The minimum Gasteiger partial charge on any atom is -0.480 e. The van der Waals surface area contributed by atoms with Gasteiger partial charge in [0.2, 0.25) is 5.91 Å². The van der Waals surface area contributed by atoms with Crippen molar-refractivity contribution in [2.75, 3.05) is 5.75 Å². The van der Waals surface area contributed by atoms with E-state index in [1.807, 2.05) is 19.1 Å². The Kier molecular flexibility index (Phi) is 7.05. The highest BCUT2D eigenvalue weighted by Crippen LogP contribution is 2.17. The van der Waals surface area contributed by atoms with Gasteiger partial charge in [0.25, 0.3) is 0 Å². The highest BCUT2D eigenvalue weighted by Gasteiger charge is 2.33. The van der Waals surface area contributed by atoms with Crippen molar-refractivity contribution in [3.63, 3.8) is 0 Å². The topological polar surface area (TPSA) is 66.4 Å². The average molecular weight is 330 g/mol. The molecule has 1 atom stereocenters. The Bertz CT molecular complexity index is 492. The molecule has 0 saturated heterocycles. The van der Waals surface area contributed by atoms with E-state index in [0.717, 1.165) is 5.56 Å². The molecular formula is C15H20ClNO3S. The summed E-state index contributed by atoms with van der Waals surface area (Å²) in [6.45, 7) is 3.43. The molecule has 0 spiro atoms. The van der Waals surface area contributed by atoms with Gasteiger partial charge in [0.05, 0.1) is 5.75 Å². The fourth-order valence-electron chi connectivity index (χ4n) is 1.91. The molecule has 1 rings (SSSR count). The van der Waals surface area contributed by atoms with Crippen molar-refractivity contribution in [1.29, 1.82) is 0 Å². The van der Waals surface area contributed by atoms with Crippen LogP contribution in [0.1, 0.15) is 32.3 Å². The number of benzene rings is 1. The predicted molar refractivity (Wildman–Crippen MR) is 86.7 cm³/mol. The molecule has 1 aromatic rings. The molecule has 6 heteroatoms. The van der Waals surface area contributed by atoms with E-state index < -0.39 is 11.5 Å². The van der Waals surface area contributed by atoms with Gasteiger partial charge in [-0.3, -0.25) is 4.79 Å². The summed E-state index contributed by atoms with van der Waals surface area (Å²) in [6.07, 6.45) is 1.11. The Hall–Kier alpha value is -1.20. The van der Waals surface area contributed by atoms with Gasteiger partial charge in [-0.2, -0.15) is 0 Å². The number of rotatable bonds is 8. The third-order valence-corrected chi connectivity index (χ3v) is 4.31. The third-order valence-electron chi connectivity index (χ3n) is 3.05. The van der Waals surface area contributed by atoms with Gasteiger partial charge < -0.3 is 10.4 Å². The molecule has 0 aliphatic carbocycles. The lowest BCUT2D eigenvalue weighted by Gasteiger charge is -2.25. The minimum atomic E-state index is -1.19. The van der Waals surface area contributed by atoms with Crippen molar-refractivity contribution in [3.8, 4) is 0 Å². The Balaban J connectivity index is 2.43. The standard InChI is InChI=1S/C15H20ClNO3S/c1-3-8-15(2,14(19)20)17-13(18)10-21-9-11-4-6-12(16)7-5-11/h4-7H,3,8-10H2,1-2H3,(H,17,18)(H,19,20). The highest BCUT2D eigenvalue weighted by molar-refractivity contribution is 7.99. The van der Waals surface area contributed by atoms with Crippen LogP contribution in [0.25, 0.3) is 0 Å². The minimum absolute atomic E-state index is 0.231. The van der Waals surface area contributed by atoms with Gasteiger partial charge in [-0.25, -0.2) is 4.79 Å². The van der Waals surface area contributed by atoms with Crippen LogP contribution in [0.3, 0.4) is 0 Å². The van der Waals surface area contributed by atoms with E-state index in [1.54, 1.807) is 19.1 Å². The lowest BCUT2D eigenvalue weighted by atomic mass is 9.96. The van der Waals surface area contributed by atoms with Crippen LogP contribution in [0.5, 0.6) is 0 Å². The summed E-state index contributed by atoms with van der Waals surface area (Å²) in [5.74, 6) is -0.343. The second-order valence-electron chi connectivity index (χ2n) is 5.05. The number of carboxylic acids is 1. The second-order valence-corrected chi connectivity index (χ2v) is 6.48. The summed E-state index contributed by atoms with van der Waals surface area (Å²) in [5, 5.41) is 12.5. The van der Waals surface area contributed by atoms with E-state index in [-0.39, 0.29) is 11.7 Å². The maximum Gasteiger partial charge on any atom is 0.329 e. The number of aliphatic carboxylic acids is 1. The SMILES string of the molecule is CCCC(C)(NC(=O)CSCc1ccc(Cl)cc1)C(=O)O. The molecule has 0 aliphatic heterocycles. The summed E-state index contributed by atoms with van der Waals surface area (Å²) in [5.41, 5.74) is -0.112. The predicted octanol–water partition coefficient (Wildman–Crippen LogP) is 3.33. The fourth-order valence-corrected chi connectivity index (χ4v) is 2.82. The van der Waals surface area contributed by atoms with Crippen LogP contribution in [0.2, 0.25) is 5.02 Å². The second kappa shape index (κ2) is 8.29. The van der Waals surface area contributed by atoms with Crippen LogP contribution < -0.4 is 5.32 Å². The van der Waals surface area contributed by atoms with E-state index in [9.17, 15) is 14.7 Å². The number of thioether (sulfide) groups is 1. The first kappa shape index (κ1) is 17.9. The van der Waals surface area contributed by atoms with Crippen molar-refractivity contribution in [2.24, 2.45) is 0 Å². The van der Waals surface area contributed by atoms with Crippen molar-refractivity contribution >= 4 is 35.2 Å². The molecule has 0 fully saturated rings. The largest absolute Gasteiger partial charge is 0.480 e. The maximum atomic E-state index is 11.9. The summed E-state index contributed by atoms with van der Waals surface area (Å²) < 4.78 is 0. The Morgan fingerprint density at radius 1 is 1.33 bits per heavy atom. The smallest absolute Gasteiger partial charge is 0.329 e. The van der Waals surface area contributed by atoms with Crippen LogP contribution in [0.15, 0.2) is 24.3 Å². The van der Waals surface area contributed by atoms with E-state index >= 15 is 0 Å². The quantitative estimate of drug-likeness (QED) is 0.767. The van der Waals surface area contributed by atoms with E-state index in [2.05, 4.69) is 5.32 Å². The van der Waals surface area contributed by atoms with Crippen molar-refractivity contribution in [1.82, 2.24) is 5.32 Å². The van der Waals surface area contributed by atoms with Gasteiger partial charge >= 0.3 is 5.97 Å². The van der Waals surface area contributed by atoms with E-state index in [1.165, 1.54) is 11.8 Å². The first-order valence-corrected chi connectivity index (χ1v) is 8.27. The van der Waals surface area contributed by atoms with Crippen molar-refractivity contribution in [2.45, 2.75) is 38.0 Å². The molecule has 116 valence electrons. The molecule has 0 aliphatic rings. The molecule has 0 radical (unpaired) electrons. The van der Waals surface area contributed by atoms with Crippen LogP contribution in [-0.4, -0.2) is 28.3 Å². The molecule has 21 heavy (non-hydrogen) atoms. The summed E-state index contributed by atoms with van der Waals surface area (Å²) in [4.78, 5) is 23.1. The number of nitrogens with one attached hydrogen (secondary N) is 1. The lowest BCUT2D eigenvalue weighted by molar-refractivity contribution is -0.146. The molecule has 4 nitrogen and oxygen atoms in total. The Morgan fingerprint density at radius 3 is 2.48 bits per heavy atom. The van der Waals surface area contributed by atoms with Gasteiger partial charge in [0.1, 0.15) is 5.54 Å². The fraction of sp³-hybridized carbons (Fsp3) is 0.467. The van der Waals surface area contributed by atoms with Gasteiger partial charge in [-0.1, -0.05) is 37.1 Å². The summed E-state index contributed by atoms with van der Waals surface area (Å²) in [7, 11) is 0. The molecule has 2 N–H and O–H groups in total. The number of hydrogen-bond donors (Lipinski definition) is 2. The normalized spacial score (nSPS) is 13.5. The van der Waals surface area contributed by atoms with Gasteiger partial charge in [-0.15, -0.1) is 11.8 Å². The van der Waals surface area contributed by atoms with Gasteiger partial charge in [-0.05, 0) is 31.0 Å². The molecule has 1 unspecified atom stereocenters. The lowest BCUT2D eigenvalue weighted by Crippen LogP contribution is -2.52. The molecule has 0 bridgehead atoms. The highest BCUT2D eigenvalue weighted by atomic mass is 35.5. The summed E-state index contributed by atoms with van der Waals surface area (Å²) >= 11 is 7.24. The van der Waals surface area contributed by atoms with Gasteiger partial charge in [0.15, 0.2) is 0 Å².